The van der Waals surface area contributed by atoms with E-state index in [0.717, 1.165) is 17.0 Å². The summed E-state index contributed by atoms with van der Waals surface area (Å²) in [6.45, 7) is 2.10. The smallest absolute Gasteiger partial charge is 0.171 e. The molecule has 0 saturated heterocycles. The highest BCUT2D eigenvalue weighted by Crippen LogP contribution is 2.23. The first-order valence-electron chi connectivity index (χ1n) is 8.49. The Morgan fingerprint density at radius 3 is 2.23 bits per heavy atom. The van der Waals surface area contributed by atoms with E-state index >= 15 is 0 Å². The van der Waals surface area contributed by atoms with Crippen molar-refractivity contribution in [2.45, 2.75) is 13.0 Å². The van der Waals surface area contributed by atoms with Gasteiger partial charge < -0.3 is 15.4 Å². The van der Waals surface area contributed by atoms with Crippen LogP contribution in [0.1, 0.15) is 22.7 Å². The number of aryl methyl sites for hydroxylation is 1. The molecule has 0 heterocycles. The Balaban J connectivity index is 1.79. The monoisotopic (exact) mass is 362 g/mol. The van der Waals surface area contributed by atoms with Gasteiger partial charge in [0.05, 0.1) is 13.2 Å². The fraction of sp³-hybridized carbons (Fsp3) is 0.136. The molecule has 0 fully saturated rings. The lowest BCUT2D eigenvalue weighted by atomic mass is 9.97. The van der Waals surface area contributed by atoms with Crippen LogP contribution in [0.5, 0.6) is 5.75 Å². The molecule has 0 aliphatic heterocycles. The van der Waals surface area contributed by atoms with Crippen LogP contribution in [0.3, 0.4) is 0 Å². The summed E-state index contributed by atoms with van der Waals surface area (Å²) in [5.41, 5.74) is 4.48. The minimum atomic E-state index is -0.0191. The van der Waals surface area contributed by atoms with Crippen LogP contribution in [-0.4, -0.2) is 12.2 Å². The van der Waals surface area contributed by atoms with Gasteiger partial charge in [0.2, 0.25) is 0 Å². The second-order valence-corrected chi connectivity index (χ2v) is 6.49. The third kappa shape index (κ3) is 4.61. The number of ether oxygens (including phenoxy) is 1. The topological polar surface area (TPSA) is 33.3 Å². The third-order valence-electron chi connectivity index (χ3n) is 4.13. The van der Waals surface area contributed by atoms with Crippen LogP contribution in [-0.2, 0) is 0 Å². The highest BCUT2D eigenvalue weighted by molar-refractivity contribution is 7.80. The molecule has 132 valence electrons. The van der Waals surface area contributed by atoms with Gasteiger partial charge in [0.25, 0.3) is 0 Å². The summed E-state index contributed by atoms with van der Waals surface area (Å²) < 4.78 is 5.19. The zero-order valence-corrected chi connectivity index (χ0v) is 15.7. The maximum absolute atomic E-state index is 5.55. The van der Waals surface area contributed by atoms with E-state index in [0.29, 0.717) is 5.11 Å². The van der Waals surface area contributed by atoms with E-state index in [4.69, 9.17) is 17.0 Å². The molecule has 4 heteroatoms. The zero-order valence-electron chi connectivity index (χ0n) is 14.9. The van der Waals surface area contributed by atoms with E-state index < -0.39 is 0 Å². The minimum absolute atomic E-state index is 0.0191. The minimum Gasteiger partial charge on any atom is -0.497 e. The highest BCUT2D eigenvalue weighted by atomic mass is 32.1. The van der Waals surface area contributed by atoms with Crippen molar-refractivity contribution in [2.24, 2.45) is 0 Å². The Bertz CT molecular complexity index is 863. The predicted molar refractivity (Wildman–Crippen MR) is 112 cm³/mol. The van der Waals surface area contributed by atoms with Crippen molar-refractivity contribution in [1.82, 2.24) is 5.32 Å². The van der Waals surface area contributed by atoms with Crippen molar-refractivity contribution in [1.29, 1.82) is 0 Å². The van der Waals surface area contributed by atoms with Crippen LogP contribution < -0.4 is 15.4 Å². The summed E-state index contributed by atoms with van der Waals surface area (Å²) in [4.78, 5) is 0. The first-order chi connectivity index (χ1) is 12.7. The van der Waals surface area contributed by atoms with Crippen molar-refractivity contribution >= 4 is 23.0 Å². The molecule has 0 aliphatic carbocycles. The Kier molecular flexibility index (Phi) is 5.87. The molecular formula is C22H22N2OS. The number of rotatable bonds is 5. The molecule has 3 nitrogen and oxygen atoms in total. The van der Waals surface area contributed by atoms with Gasteiger partial charge in [0.15, 0.2) is 5.11 Å². The van der Waals surface area contributed by atoms with E-state index in [1.54, 1.807) is 7.11 Å². The van der Waals surface area contributed by atoms with Crippen LogP contribution in [0, 0.1) is 6.92 Å². The molecule has 2 N–H and O–H groups in total. The van der Waals surface area contributed by atoms with Crippen molar-refractivity contribution < 1.29 is 4.74 Å². The molecule has 0 saturated carbocycles. The molecule has 3 aromatic rings. The molecule has 0 spiro atoms. The quantitative estimate of drug-likeness (QED) is 0.620. The molecule has 26 heavy (non-hydrogen) atoms. The van der Waals surface area contributed by atoms with Crippen molar-refractivity contribution in [3.8, 4) is 5.75 Å². The van der Waals surface area contributed by atoms with Gasteiger partial charge in [0, 0.05) is 5.69 Å². The normalized spacial score (nSPS) is 11.5. The molecular weight excluding hydrogens is 340 g/mol. The molecule has 1 unspecified atom stereocenters. The van der Waals surface area contributed by atoms with Crippen molar-refractivity contribution in [3.05, 3.63) is 95.6 Å². The second-order valence-electron chi connectivity index (χ2n) is 6.08. The van der Waals surface area contributed by atoms with Gasteiger partial charge in [-0.3, -0.25) is 0 Å². The fourth-order valence-corrected chi connectivity index (χ4v) is 3.06. The van der Waals surface area contributed by atoms with E-state index in [2.05, 4.69) is 54.0 Å². The number of methoxy groups -OCH3 is 1. The Hall–Kier alpha value is -2.85. The van der Waals surface area contributed by atoms with Crippen molar-refractivity contribution in [2.75, 3.05) is 12.4 Å². The van der Waals surface area contributed by atoms with Gasteiger partial charge in [-0.25, -0.2) is 0 Å². The lowest BCUT2D eigenvalue weighted by molar-refractivity contribution is 0.415. The number of nitrogens with one attached hydrogen (secondary N) is 2. The molecule has 1 atom stereocenters. The number of anilines is 1. The number of benzene rings is 3. The average Bonchev–Trinajstić information content (AvgIpc) is 2.67. The summed E-state index contributed by atoms with van der Waals surface area (Å²) in [6, 6.07) is 26.5. The van der Waals surface area contributed by atoms with Gasteiger partial charge in [-0.15, -0.1) is 0 Å². The molecule has 3 aromatic carbocycles. The van der Waals surface area contributed by atoms with Crippen LogP contribution in [0.4, 0.5) is 5.69 Å². The lowest BCUT2D eigenvalue weighted by Gasteiger charge is -2.22. The Labute approximate surface area is 160 Å². The van der Waals surface area contributed by atoms with E-state index in [-0.39, 0.29) is 6.04 Å². The first-order valence-corrected chi connectivity index (χ1v) is 8.89. The first kappa shape index (κ1) is 18.0. The molecule has 3 rings (SSSR count). The van der Waals surface area contributed by atoms with Gasteiger partial charge in [-0.2, -0.15) is 0 Å². The number of hydrogen-bond donors (Lipinski definition) is 2. The second kappa shape index (κ2) is 8.50. The molecule has 0 aliphatic rings. The van der Waals surface area contributed by atoms with Crippen molar-refractivity contribution in [3.63, 3.8) is 0 Å². The Morgan fingerprint density at radius 2 is 1.58 bits per heavy atom. The molecule has 0 bridgehead atoms. The molecule has 0 radical (unpaired) electrons. The van der Waals surface area contributed by atoms with E-state index in [9.17, 15) is 0 Å². The van der Waals surface area contributed by atoms with Gasteiger partial charge in [0.1, 0.15) is 5.75 Å². The summed E-state index contributed by atoms with van der Waals surface area (Å²) in [7, 11) is 1.65. The van der Waals surface area contributed by atoms with E-state index in [1.165, 1.54) is 11.1 Å². The maximum atomic E-state index is 5.55. The predicted octanol–water partition coefficient (Wildman–Crippen LogP) is 5.08. The van der Waals surface area contributed by atoms with E-state index in [1.807, 2.05) is 42.5 Å². The summed E-state index contributed by atoms with van der Waals surface area (Å²) in [6.07, 6.45) is 0. The van der Waals surface area contributed by atoms with Crippen LogP contribution in [0.25, 0.3) is 0 Å². The molecule has 0 aromatic heterocycles. The largest absolute Gasteiger partial charge is 0.497 e. The van der Waals surface area contributed by atoms with Crippen LogP contribution >= 0.6 is 12.2 Å². The maximum Gasteiger partial charge on any atom is 0.171 e. The fourth-order valence-electron chi connectivity index (χ4n) is 2.83. The van der Waals surface area contributed by atoms with Gasteiger partial charge in [-0.05, 0) is 54.5 Å². The van der Waals surface area contributed by atoms with Gasteiger partial charge >= 0.3 is 0 Å². The lowest BCUT2D eigenvalue weighted by Crippen LogP contribution is -2.33. The summed E-state index contributed by atoms with van der Waals surface area (Å²) in [5, 5.41) is 7.26. The van der Waals surface area contributed by atoms with Gasteiger partial charge in [-0.1, -0.05) is 60.2 Å². The van der Waals surface area contributed by atoms with Crippen LogP contribution in [0.2, 0.25) is 0 Å². The number of thiocarbonyl (C=S) groups is 1. The highest BCUT2D eigenvalue weighted by Gasteiger charge is 2.15. The standard InChI is InChI=1S/C22H22N2OS/c1-16-7-6-10-18(15-16)21(17-8-4-3-5-9-17)24-22(26)23-19-11-13-20(25-2)14-12-19/h3-15,21H,1-2H3,(H2,23,24,26). The summed E-state index contributed by atoms with van der Waals surface area (Å²) in [5.74, 6) is 0.816. The average molecular weight is 362 g/mol. The number of hydrogen-bond acceptors (Lipinski definition) is 2. The third-order valence-corrected chi connectivity index (χ3v) is 4.35. The summed E-state index contributed by atoms with van der Waals surface area (Å²) >= 11 is 5.55. The Morgan fingerprint density at radius 1 is 0.885 bits per heavy atom. The van der Waals surface area contributed by atoms with Crippen LogP contribution in [0.15, 0.2) is 78.9 Å². The molecule has 0 amide bonds. The zero-order chi connectivity index (χ0) is 18.4. The SMILES string of the molecule is COc1ccc(NC(=S)NC(c2ccccc2)c2cccc(C)c2)cc1.